The summed E-state index contributed by atoms with van der Waals surface area (Å²) in [6.07, 6.45) is 0.969. The Morgan fingerprint density at radius 2 is 2.12 bits per heavy atom. The van der Waals surface area contributed by atoms with Crippen molar-refractivity contribution in [3.05, 3.63) is 47.5 Å². The maximum atomic E-state index is 5.68. The first-order valence-corrected chi connectivity index (χ1v) is 6.24. The van der Waals surface area contributed by atoms with Crippen LogP contribution < -0.4 is 5.32 Å². The maximum absolute atomic E-state index is 5.68. The molecule has 2 nitrogen and oxygen atoms in total. The zero-order chi connectivity index (χ0) is 12.5. The summed E-state index contributed by atoms with van der Waals surface area (Å²) in [5.74, 6) is 0. The first kappa shape index (κ1) is 14.2. The Labute approximate surface area is 109 Å². The van der Waals surface area contributed by atoms with E-state index >= 15 is 0 Å². The van der Waals surface area contributed by atoms with Crippen LogP contribution in [0.15, 0.2) is 41.9 Å². The Kier molecular flexibility index (Phi) is 6.94. The highest BCUT2D eigenvalue weighted by Crippen LogP contribution is 2.02. The lowest BCUT2D eigenvalue weighted by molar-refractivity contribution is 0.113. The summed E-state index contributed by atoms with van der Waals surface area (Å²) in [6.45, 7) is 7.83. The Hall–Kier alpha value is -0.830. The number of ether oxygens (including phenoxy) is 1. The summed E-state index contributed by atoms with van der Waals surface area (Å²) in [4.78, 5) is 0. The number of halogens is 1. The summed E-state index contributed by atoms with van der Waals surface area (Å²) >= 11 is 5.68. The molecule has 0 amide bonds. The zero-order valence-corrected chi connectivity index (χ0v) is 11.0. The van der Waals surface area contributed by atoms with Gasteiger partial charge in [-0.3, -0.25) is 0 Å². The molecule has 17 heavy (non-hydrogen) atoms. The van der Waals surface area contributed by atoms with Crippen molar-refractivity contribution in [2.45, 2.75) is 26.0 Å². The highest BCUT2D eigenvalue weighted by atomic mass is 35.5. The van der Waals surface area contributed by atoms with Gasteiger partial charge in [-0.05, 0) is 18.9 Å². The van der Waals surface area contributed by atoms with Gasteiger partial charge < -0.3 is 10.1 Å². The molecule has 0 saturated heterocycles. The third-order valence-corrected chi connectivity index (χ3v) is 2.58. The molecular formula is C14H20ClNO. The van der Waals surface area contributed by atoms with Gasteiger partial charge in [0.15, 0.2) is 0 Å². The van der Waals surface area contributed by atoms with Crippen LogP contribution in [0.3, 0.4) is 0 Å². The van der Waals surface area contributed by atoms with Crippen molar-refractivity contribution in [2.75, 3.05) is 13.2 Å². The second-order valence-corrected chi connectivity index (χ2v) is 4.66. The van der Waals surface area contributed by atoms with Crippen LogP contribution in [0, 0.1) is 0 Å². The maximum Gasteiger partial charge on any atom is 0.0716 e. The van der Waals surface area contributed by atoms with E-state index in [1.165, 1.54) is 5.56 Å². The van der Waals surface area contributed by atoms with Crippen molar-refractivity contribution in [1.29, 1.82) is 0 Å². The molecule has 1 unspecified atom stereocenters. The molecular weight excluding hydrogens is 234 g/mol. The molecule has 3 heteroatoms. The molecule has 0 heterocycles. The second-order valence-electron chi connectivity index (χ2n) is 4.13. The van der Waals surface area contributed by atoms with Crippen LogP contribution in [-0.2, 0) is 11.3 Å². The summed E-state index contributed by atoms with van der Waals surface area (Å²) in [5, 5.41) is 3.91. The van der Waals surface area contributed by atoms with Gasteiger partial charge in [-0.1, -0.05) is 48.5 Å². The lowest BCUT2D eigenvalue weighted by Gasteiger charge is -2.13. The van der Waals surface area contributed by atoms with Crippen LogP contribution in [0.2, 0.25) is 0 Å². The number of hydrogen-bond acceptors (Lipinski definition) is 2. The lowest BCUT2D eigenvalue weighted by atomic mass is 10.2. The van der Waals surface area contributed by atoms with Crippen molar-refractivity contribution in [1.82, 2.24) is 5.32 Å². The number of benzene rings is 1. The summed E-state index contributed by atoms with van der Waals surface area (Å²) in [5.41, 5.74) is 1.21. The third kappa shape index (κ3) is 7.16. The van der Waals surface area contributed by atoms with Gasteiger partial charge in [-0.2, -0.15) is 0 Å². The van der Waals surface area contributed by atoms with Crippen LogP contribution in [0.1, 0.15) is 18.9 Å². The van der Waals surface area contributed by atoms with Crippen molar-refractivity contribution < 1.29 is 4.74 Å². The second kappa shape index (κ2) is 8.29. The van der Waals surface area contributed by atoms with E-state index in [1.807, 2.05) is 18.2 Å². The fourth-order valence-corrected chi connectivity index (χ4v) is 1.49. The highest BCUT2D eigenvalue weighted by Gasteiger charge is 2.01. The summed E-state index contributed by atoms with van der Waals surface area (Å²) in [7, 11) is 0. The predicted molar refractivity (Wildman–Crippen MR) is 73.2 cm³/mol. The predicted octanol–water partition coefficient (Wildman–Crippen LogP) is 3.32. The van der Waals surface area contributed by atoms with E-state index in [1.54, 1.807) is 0 Å². The van der Waals surface area contributed by atoms with Crippen molar-refractivity contribution in [3.63, 3.8) is 0 Å². The largest absolute Gasteiger partial charge is 0.377 e. The van der Waals surface area contributed by atoms with Gasteiger partial charge in [0.25, 0.3) is 0 Å². The molecule has 0 bridgehead atoms. The average Bonchev–Trinajstić information content (AvgIpc) is 2.33. The standard InChI is InChI=1S/C14H20ClNO/c1-12(15)10-16-13(2)8-9-17-11-14-6-4-3-5-7-14/h3-7,13,16H,1,8-11H2,2H3. The number of rotatable bonds is 8. The Balaban J connectivity index is 2.06. The van der Waals surface area contributed by atoms with Crippen LogP contribution >= 0.6 is 11.6 Å². The normalized spacial score (nSPS) is 12.4. The molecule has 0 aliphatic rings. The number of nitrogens with one attached hydrogen (secondary N) is 1. The van der Waals surface area contributed by atoms with Gasteiger partial charge in [0.2, 0.25) is 0 Å². The molecule has 0 saturated carbocycles. The van der Waals surface area contributed by atoms with Gasteiger partial charge in [0.1, 0.15) is 0 Å². The molecule has 0 aliphatic heterocycles. The van der Waals surface area contributed by atoms with Crippen LogP contribution in [0.25, 0.3) is 0 Å². The molecule has 1 N–H and O–H groups in total. The van der Waals surface area contributed by atoms with E-state index in [2.05, 4.69) is 31.0 Å². The van der Waals surface area contributed by atoms with Crippen LogP contribution in [0.5, 0.6) is 0 Å². The first-order valence-electron chi connectivity index (χ1n) is 5.87. The van der Waals surface area contributed by atoms with Crippen LogP contribution in [-0.4, -0.2) is 19.2 Å². The topological polar surface area (TPSA) is 21.3 Å². The van der Waals surface area contributed by atoms with Gasteiger partial charge in [-0.15, -0.1) is 0 Å². The van der Waals surface area contributed by atoms with E-state index in [4.69, 9.17) is 16.3 Å². The molecule has 1 aromatic carbocycles. The third-order valence-electron chi connectivity index (χ3n) is 2.45. The smallest absolute Gasteiger partial charge is 0.0716 e. The van der Waals surface area contributed by atoms with Gasteiger partial charge in [0, 0.05) is 24.2 Å². The summed E-state index contributed by atoms with van der Waals surface area (Å²) in [6, 6.07) is 10.6. The van der Waals surface area contributed by atoms with Gasteiger partial charge in [0.05, 0.1) is 6.61 Å². The van der Waals surface area contributed by atoms with E-state index < -0.39 is 0 Å². The molecule has 1 atom stereocenters. The molecule has 1 rings (SSSR count). The van der Waals surface area contributed by atoms with Gasteiger partial charge in [-0.25, -0.2) is 0 Å². The zero-order valence-electron chi connectivity index (χ0n) is 10.3. The minimum absolute atomic E-state index is 0.390. The molecule has 0 aromatic heterocycles. The highest BCUT2D eigenvalue weighted by molar-refractivity contribution is 6.29. The van der Waals surface area contributed by atoms with Crippen LogP contribution in [0.4, 0.5) is 0 Å². The van der Waals surface area contributed by atoms with E-state index in [9.17, 15) is 0 Å². The van der Waals surface area contributed by atoms with Crippen molar-refractivity contribution in [2.24, 2.45) is 0 Å². The minimum atomic E-state index is 0.390. The van der Waals surface area contributed by atoms with Crippen molar-refractivity contribution >= 4 is 11.6 Å². The minimum Gasteiger partial charge on any atom is -0.377 e. The SMILES string of the molecule is C=C(Cl)CNC(C)CCOCc1ccccc1. The molecule has 0 fully saturated rings. The quantitative estimate of drug-likeness (QED) is 0.718. The lowest BCUT2D eigenvalue weighted by Crippen LogP contribution is -2.28. The fraction of sp³-hybridized carbons (Fsp3) is 0.429. The summed E-state index contributed by atoms with van der Waals surface area (Å²) < 4.78 is 5.60. The Morgan fingerprint density at radius 1 is 1.41 bits per heavy atom. The monoisotopic (exact) mass is 253 g/mol. The molecule has 0 spiro atoms. The first-order chi connectivity index (χ1) is 8.18. The molecule has 94 valence electrons. The number of hydrogen-bond donors (Lipinski definition) is 1. The Morgan fingerprint density at radius 3 is 2.76 bits per heavy atom. The van der Waals surface area contributed by atoms with E-state index in [0.717, 1.165) is 13.0 Å². The molecule has 0 aliphatic carbocycles. The van der Waals surface area contributed by atoms with E-state index in [0.29, 0.717) is 24.2 Å². The molecule has 0 radical (unpaired) electrons. The average molecular weight is 254 g/mol. The van der Waals surface area contributed by atoms with Crippen molar-refractivity contribution in [3.8, 4) is 0 Å². The van der Waals surface area contributed by atoms with E-state index in [-0.39, 0.29) is 0 Å². The fourth-order valence-electron chi connectivity index (χ4n) is 1.41. The Bertz CT molecular complexity index is 326. The van der Waals surface area contributed by atoms with Gasteiger partial charge >= 0.3 is 0 Å². The molecule has 1 aromatic rings.